The van der Waals surface area contributed by atoms with Gasteiger partial charge in [-0.2, -0.15) is 5.10 Å². The molecule has 0 aliphatic carbocycles. The lowest BCUT2D eigenvalue weighted by Gasteiger charge is -2.08. The van der Waals surface area contributed by atoms with Gasteiger partial charge in [0.05, 0.1) is 12.8 Å². The van der Waals surface area contributed by atoms with Gasteiger partial charge in [0, 0.05) is 43.2 Å². The van der Waals surface area contributed by atoms with Gasteiger partial charge in [0.15, 0.2) is 0 Å². The molecule has 0 saturated carbocycles. The Bertz CT molecular complexity index is 551. The highest BCUT2D eigenvalue weighted by Gasteiger charge is 2.04. The second kappa shape index (κ2) is 5.08. The molecule has 0 bridgehead atoms. The van der Waals surface area contributed by atoms with Crippen molar-refractivity contribution in [1.82, 2.24) is 9.78 Å². The highest BCUT2D eigenvalue weighted by Crippen LogP contribution is 2.20. The summed E-state index contributed by atoms with van der Waals surface area (Å²) in [5, 5.41) is 7.41. The second-order valence-corrected chi connectivity index (χ2v) is 4.15. The summed E-state index contributed by atoms with van der Waals surface area (Å²) in [6.45, 7) is 2.55. The van der Waals surface area contributed by atoms with E-state index >= 15 is 0 Å². The number of nitrogens with one attached hydrogen (secondary N) is 1. The van der Waals surface area contributed by atoms with E-state index < -0.39 is 0 Å². The molecule has 1 aromatic carbocycles. The Morgan fingerprint density at radius 2 is 2.17 bits per heavy atom. The molecule has 0 atom stereocenters. The average molecular weight is 249 g/mol. The van der Waals surface area contributed by atoms with Gasteiger partial charge in [0.1, 0.15) is 11.6 Å². The van der Waals surface area contributed by atoms with E-state index in [9.17, 15) is 4.39 Å². The van der Waals surface area contributed by atoms with Gasteiger partial charge >= 0.3 is 0 Å². The van der Waals surface area contributed by atoms with Crippen LogP contribution in [0.3, 0.4) is 0 Å². The van der Waals surface area contributed by atoms with Crippen LogP contribution in [0.1, 0.15) is 11.3 Å². The highest BCUT2D eigenvalue weighted by molar-refractivity contribution is 5.49. The minimum Gasteiger partial charge on any atom is -0.497 e. The van der Waals surface area contributed by atoms with Crippen molar-refractivity contribution in [3.8, 4) is 5.75 Å². The number of aromatic nitrogens is 2. The molecule has 0 fully saturated rings. The van der Waals surface area contributed by atoms with E-state index in [1.54, 1.807) is 10.7 Å². The minimum atomic E-state index is -0.320. The lowest BCUT2D eigenvalue weighted by Crippen LogP contribution is -2.00. The van der Waals surface area contributed by atoms with Gasteiger partial charge in [-0.05, 0) is 13.0 Å². The first-order valence-corrected chi connectivity index (χ1v) is 5.66. The SMILES string of the molecule is COc1cc(F)cc(NCc2cn(C)nc2C)c1. The van der Waals surface area contributed by atoms with Gasteiger partial charge in [-0.1, -0.05) is 0 Å². The first-order valence-electron chi connectivity index (χ1n) is 5.66. The fourth-order valence-electron chi connectivity index (χ4n) is 1.80. The van der Waals surface area contributed by atoms with E-state index in [2.05, 4.69) is 10.4 Å². The fraction of sp³-hybridized carbons (Fsp3) is 0.308. The quantitative estimate of drug-likeness (QED) is 0.904. The Labute approximate surface area is 105 Å². The minimum absolute atomic E-state index is 0.320. The van der Waals surface area contributed by atoms with Gasteiger partial charge in [0.2, 0.25) is 0 Å². The van der Waals surface area contributed by atoms with Gasteiger partial charge in [-0.25, -0.2) is 4.39 Å². The van der Waals surface area contributed by atoms with Crippen LogP contribution in [0.2, 0.25) is 0 Å². The van der Waals surface area contributed by atoms with Crippen LogP contribution in [0.4, 0.5) is 10.1 Å². The molecular formula is C13H16FN3O. The molecule has 0 spiro atoms. The van der Waals surface area contributed by atoms with Crippen molar-refractivity contribution in [3.05, 3.63) is 41.5 Å². The number of anilines is 1. The van der Waals surface area contributed by atoms with E-state index in [0.717, 1.165) is 11.3 Å². The number of halogens is 1. The molecule has 0 aliphatic rings. The number of hydrogen-bond acceptors (Lipinski definition) is 3. The normalized spacial score (nSPS) is 10.4. The Hall–Kier alpha value is -2.04. The number of benzene rings is 1. The van der Waals surface area contributed by atoms with Crippen molar-refractivity contribution in [2.75, 3.05) is 12.4 Å². The maximum Gasteiger partial charge on any atom is 0.128 e. The lowest BCUT2D eigenvalue weighted by molar-refractivity contribution is 0.411. The zero-order chi connectivity index (χ0) is 13.1. The Morgan fingerprint density at radius 3 is 2.78 bits per heavy atom. The molecule has 0 aliphatic heterocycles. The predicted octanol–water partition coefficient (Wildman–Crippen LogP) is 2.49. The highest BCUT2D eigenvalue weighted by atomic mass is 19.1. The van der Waals surface area contributed by atoms with Crippen molar-refractivity contribution in [3.63, 3.8) is 0 Å². The first-order chi connectivity index (χ1) is 8.58. The largest absolute Gasteiger partial charge is 0.497 e. The van der Waals surface area contributed by atoms with Crippen molar-refractivity contribution < 1.29 is 9.13 Å². The van der Waals surface area contributed by atoms with Gasteiger partial charge < -0.3 is 10.1 Å². The zero-order valence-electron chi connectivity index (χ0n) is 10.7. The molecule has 1 aromatic heterocycles. The van der Waals surface area contributed by atoms with Crippen LogP contribution < -0.4 is 10.1 Å². The van der Waals surface area contributed by atoms with Crippen LogP contribution in [0.5, 0.6) is 5.75 Å². The average Bonchev–Trinajstić information content (AvgIpc) is 2.64. The smallest absolute Gasteiger partial charge is 0.128 e. The summed E-state index contributed by atoms with van der Waals surface area (Å²) in [5.74, 6) is 0.181. The molecule has 5 heteroatoms. The van der Waals surface area contributed by atoms with Crippen LogP contribution in [0, 0.1) is 12.7 Å². The topological polar surface area (TPSA) is 39.1 Å². The van der Waals surface area contributed by atoms with Gasteiger partial charge in [-0.3, -0.25) is 4.68 Å². The molecule has 1 heterocycles. The Morgan fingerprint density at radius 1 is 1.39 bits per heavy atom. The summed E-state index contributed by atoms with van der Waals surface area (Å²) in [6, 6.07) is 4.55. The molecule has 18 heavy (non-hydrogen) atoms. The number of rotatable bonds is 4. The van der Waals surface area contributed by atoms with E-state index in [1.807, 2.05) is 20.2 Å². The van der Waals surface area contributed by atoms with Crippen LogP contribution in [-0.4, -0.2) is 16.9 Å². The molecule has 0 radical (unpaired) electrons. The molecule has 96 valence electrons. The van der Waals surface area contributed by atoms with E-state index in [-0.39, 0.29) is 5.82 Å². The van der Waals surface area contributed by atoms with Crippen LogP contribution in [0.15, 0.2) is 24.4 Å². The van der Waals surface area contributed by atoms with Crippen molar-refractivity contribution in [2.24, 2.45) is 7.05 Å². The van der Waals surface area contributed by atoms with Gasteiger partial charge in [-0.15, -0.1) is 0 Å². The molecule has 2 aromatic rings. The third-order valence-corrected chi connectivity index (χ3v) is 2.71. The molecule has 0 unspecified atom stereocenters. The lowest BCUT2D eigenvalue weighted by atomic mass is 10.2. The fourth-order valence-corrected chi connectivity index (χ4v) is 1.80. The summed E-state index contributed by atoms with van der Waals surface area (Å²) < 4.78 is 20.1. The molecule has 2 rings (SSSR count). The predicted molar refractivity (Wildman–Crippen MR) is 68.2 cm³/mol. The summed E-state index contributed by atoms with van der Waals surface area (Å²) in [5.41, 5.74) is 2.74. The second-order valence-electron chi connectivity index (χ2n) is 4.15. The molecule has 4 nitrogen and oxygen atoms in total. The van der Waals surface area contributed by atoms with Crippen LogP contribution >= 0.6 is 0 Å². The van der Waals surface area contributed by atoms with E-state index in [1.165, 1.54) is 19.2 Å². The number of aryl methyl sites for hydroxylation is 2. The molecule has 1 N–H and O–H groups in total. The molecule has 0 amide bonds. The summed E-state index contributed by atoms with van der Waals surface area (Å²) in [6.07, 6.45) is 1.94. The monoisotopic (exact) mass is 249 g/mol. The third-order valence-electron chi connectivity index (χ3n) is 2.71. The zero-order valence-corrected chi connectivity index (χ0v) is 10.7. The van der Waals surface area contributed by atoms with Crippen LogP contribution in [-0.2, 0) is 13.6 Å². The number of methoxy groups -OCH3 is 1. The third kappa shape index (κ3) is 2.80. The molecular weight excluding hydrogens is 233 g/mol. The van der Waals surface area contributed by atoms with Crippen molar-refractivity contribution >= 4 is 5.69 Å². The van der Waals surface area contributed by atoms with Crippen molar-refractivity contribution in [2.45, 2.75) is 13.5 Å². The maximum absolute atomic E-state index is 13.3. The Kier molecular flexibility index (Phi) is 3.50. The Balaban J connectivity index is 2.10. The number of nitrogens with zero attached hydrogens (tertiary/aromatic N) is 2. The standard InChI is InChI=1S/C13H16FN3O/c1-9-10(8-17(2)16-9)7-15-12-4-11(14)5-13(6-12)18-3/h4-6,8,15H,7H2,1-3H3. The van der Waals surface area contributed by atoms with Gasteiger partial charge in [0.25, 0.3) is 0 Å². The van der Waals surface area contributed by atoms with E-state index in [4.69, 9.17) is 4.74 Å². The van der Waals surface area contributed by atoms with E-state index in [0.29, 0.717) is 18.0 Å². The summed E-state index contributed by atoms with van der Waals surface area (Å²) >= 11 is 0. The summed E-state index contributed by atoms with van der Waals surface area (Å²) in [7, 11) is 3.39. The van der Waals surface area contributed by atoms with Crippen LogP contribution in [0.25, 0.3) is 0 Å². The van der Waals surface area contributed by atoms with Crippen molar-refractivity contribution in [1.29, 1.82) is 0 Å². The maximum atomic E-state index is 13.3. The number of ether oxygens (including phenoxy) is 1. The number of hydrogen-bond donors (Lipinski definition) is 1. The summed E-state index contributed by atoms with van der Waals surface area (Å²) in [4.78, 5) is 0. The molecule has 0 saturated heterocycles. The first kappa shape index (κ1) is 12.4.